The van der Waals surface area contributed by atoms with Crippen molar-refractivity contribution in [1.82, 2.24) is 4.72 Å². The number of sulfonamides is 1. The fourth-order valence-electron chi connectivity index (χ4n) is 4.09. The predicted molar refractivity (Wildman–Crippen MR) is 124 cm³/mol. The molecule has 0 aromatic heterocycles. The van der Waals surface area contributed by atoms with Gasteiger partial charge in [-0.15, -0.1) is 0 Å². The molecule has 3 aromatic rings. The van der Waals surface area contributed by atoms with Crippen molar-refractivity contribution in [2.75, 3.05) is 31.7 Å². The first kappa shape index (κ1) is 21.5. The summed E-state index contributed by atoms with van der Waals surface area (Å²) in [7, 11) is -2.00. The van der Waals surface area contributed by atoms with Crippen LogP contribution < -0.4 is 19.1 Å². The second-order valence-electron chi connectivity index (χ2n) is 7.62. The van der Waals surface area contributed by atoms with E-state index in [1.807, 2.05) is 55.5 Å². The number of piperidine rings is 1. The van der Waals surface area contributed by atoms with Crippen LogP contribution in [0.2, 0.25) is 0 Å². The van der Waals surface area contributed by atoms with E-state index in [1.165, 1.54) is 0 Å². The van der Waals surface area contributed by atoms with E-state index >= 15 is 0 Å². The Morgan fingerprint density at radius 1 is 0.968 bits per heavy atom. The van der Waals surface area contributed by atoms with Crippen molar-refractivity contribution in [1.29, 1.82) is 0 Å². The summed E-state index contributed by atoms with van der Waals surface area (Å²) in [5, 5.41) is 1.48. The molecule has 164 valence electrons. The molecule has 0 bridgehead atoms. The first-order valence-corrected chi connectivity index (χ1v) is 12.1. The molecular formula is C24H28N2O4S. The van der Waals surface area contributed by atoms with Crippen molar-refractivity contribution >= 4 is 26.5 Å². The van der Waals surface area contributed by atoms with E-state index in [4.69, 9.17) is 9.47 Å². The maximum absolute atomic E-state index is 13.2. The molecule has 1 saturated heterocycles. The molecule has 0 saturated carbocycles. The Morgan fingerprint density at radius 3 is 2.29 bits per heavy atom. The molecule has 0 aliphatic carbocycles. The average Bonchev–Trinajstić information content (AvgIpc) is 2.80. The molecule has 1 aliphatic heterocycles. The largest absolute Gasteiger partial charge is 0.497 e. The monoisotopic (exact) mass is 440 g/mol. The molecule has 7 heteroatoms. The van der Waals surface area contributed by atoms with Crippen LogP contribution in [-0.2, 0) is 10.0 Å². The number of benzene rings is 3. The molecular weight excluding hydrogens is 412 g/mol. The lowest BCUT2D eigenvalue weighted by atomic mass is 10.1. The lowest BCUT2D eigenvalue weighted by Gasteiger charge is -2.34. The van der Waals surface area contributed by atoms with E-state index in [0.717, 1.165) is 42.8 Å². The molecule has 0 unspecified atom stereocenters. The van der Waals surface area contributed by atoms with Gasteiger partial charge in [0.25, 0.3) is 0 Å². The molecule has 1 N–H and O–H groups in total. The highest BCUT2D eigenvalue weighted by Gasteiger charge is 2.26. The van der Waals surface area contributed by atoms with Crippen LogP contribution in [-0.4, -0.2) is 41.3 Å². The third-order valence-electron chi connectivity index (χ3n) is 5.69. The van der Waals surface area contributed by atoms with E-state index in [0.29, 0.717) is 22.6 Å². The van der Waals surface area contributed by atoms with Gasteiger partial charge in [-0.2, -0.15) is 0 Å². The normalized spacial score (nSPS) is 15.2. The van der Waals surface area contributed by atoms with Crippen LogP contribution in [0.15, 0.2) is 65.6 Å². The fraction of sp³-hybridized carbons (Fsp3) is 0.333. The van der Waals surface area contributed by atoms with Crippen LogP contribution in [0, 0.1) is 0 Å². The third-order valence-corrected chi connectivity index (χ3v) is 7.27. The van der Waals surface area contributed by atoms with Gasteiger partial charge in [-0.05, 0) is 56.2 Å². The summed E-state index contributed by atoms with van der Waals surface area (Å²) in [6.45, 7) is 4.04. The highest BCUT2D eigenvalue weighted by Crippen LogP contribution is 2.31. The first-order valence-electron chi connectivity index (χ1n) is 10.6. The van der Waals surface area contributed by atoms with Crippen LogP contribution >= 0.6 is 0 Å². The van der Waals surface area contributed by atoms with Crippen molar-refractivity contribution in [3.8, 4) is 11.5 Å². The highest BCUT2D eigenvalue weighted by atomic mass is 32.2. The summed E-state index contributed by atoms with van der Waals surface area (Å²) in [4.78, 5) is 2.57. The minimum atomic E-state index is -3.65. The SMILES string of the molecule is CCOc1ccc(S(=O)(=O)NC2CCN(c3ccc(OC)cc3)CC2)c2ccccc12. The van der Waals surface area contributed by atoms with E-state index in [9.17, 15) is 8.42 Å². The number of anilines is 1. The van der Waals surface area contributed by atoms with Gasteiger partial charge in [0.05, 0.1) is 18.6 Å². The first-order chi connectivity index (χ1) is 15.0. The van der Waals surface area contributed by atoms with Gasteiger partial charge in [0.1, 0.15) is 11.5 Å². The minimum Gasteiger partial charge on any atom is -0.497 e. The molecule has 4 rings (SSSR count). The van der Waals surface area contributed by atoms with Crippen LogP contribution in [0.3, 0.4) is 0 Å². The summed E-state index contributed by atoms with van der Waals surface area (Å²) in [5.74, 6) is 1.53. The summed E-state index contributed by atoms with van der Waals surface area (Å²) < 4.78 is 40.3. The van der Waals surface area contributed by atoms with E-state index in [1.54, 1.807) is 19.2 Å². The Labute approximate surface area is 183 Å². The lowest BCUT2D eigenvalue weighted by Crippen LogP contribution is -2.44. The topological polar surface area (TPSA) is 67.9 Å². The summed E-state index contributed by atoms with van der Waals surface area (Å²) in [6.07, 6.45) is 1.50. The van der Waals surface area contributed by atoms with Gasteiger partial charge in [-0.25, -0.2) is 13.1 Å². The van der Waals surface area contributed by atoms with Crippen LogP contribution in [0.1, 0.15) is 19.8 Å². The van der Waals surface area contributed by atoms with Crippen molar-refractivity contribution in [3.63, 3.8) is 0 Å². The van der Waals surface area contributed by atoms with Crippen molar-refractivity contribution in [3.05, 3.63) is 60.7 Å². The number of rotatable bonds is 7. The molecule has 3 aromatic carbocycles. The molecule has 0 radical (unpaired) electrons. The quantitative estimate of drug-likeness (QED) is 0.597. The van der Waals surface area contributed by atoms with Gasteiger partial charge in [-0.1, -0.05) is 24.3 Å². The van der Waals surface area contributed by atoms with Crippen LogP contribution in [0.5, 0.6) is 11.5 Å². The smallest absolute Gasteiger partial charge is 0.241 e. The number of hydrogen-bond acceptors (Lipinski definition) is 5. The van der Waals surface area contributed by atoms with Crippen LogP contribution in [0.25, 0.3) is 10.8 Å². The third kappa shape index (κ3) is 4.62. The van der Waals surface area contributed by atoms with E-state index in [2.05, 4.69) is 9.62 Å². The molecule has 1 heterocycles. The van der Waals surface area contributed by atoms with Gasteiger partial charge >= 0.3 is 0 Å². The number of ether oxygens (including phenoxy) is 2. The van der Waals surface area contributed by atoms with E-state index < -0.39 is 10.0 Å². The van der Waals surface area contributed by atoms with E-state index in [-0.39, 0.29) is 6.04 Å². The zero-order valence-corrected chi connectivity index (χ0v) is 18.7. The maximum atomic E-state index is 13.2. The van der Waals surface area contributed by atoms with Crippen LogP contribution in [0.4, 0.5) is 5.69 Å². The van der Waals surface area contributed by atoms with Crippen molar-refractivity contribution in [2.45, 2.75) is 30.7 Å². The summed E-state index contributed by atoms with van der Waals surface area (Å²) >= 11 is 0. The van der Waals surface area contributed by atoms with Gasteiger partial charge in [0.2, 0.25) is 10.0 Å². The Kier molecular flexibility index (Phi) is 6.34. The molecule has 0 amide bonds. The number of fused-ring (bicyclic) bond motifs is 1. The zero-order valence-electron chi connectivity index (χ0n) is 17.9. The second-order valence-corrected chi connectivity index (χ2v) is 9.30. The second kappa shape index (κ2) is 9.16. The molecule has 1 fully saturated rings. The fourth-order valence-corrected chi connectivity index (χ4v) is 5.61. The standard InChI is InChI=1S/C24H28N2O4S/c1-3-30-23-12-13-24(22-7-5-4-6-21(22)23)31(27,28)25-18-14-16-26(17-15-18)19-8-10-20(29-2)11-9-19/h4-13,18,25H,3,14-17H2,1-2H3. The molecule has 0 atom stereocenters. The summed E-state index contributed by atoms with van der Waals surface area (Å²) in [5.41, 5.74) is 1.12. The number of methoxy groups -OCH3 is 1. The maximum Gasteiger partial charge on any atom is 0.241 e. The Morgan fingerprint density at radius 2 is 1.65 bits per heavy atom. The highest BCUT2D eigenvalue weighted by molar-refractivity contribution is 7.89. The average molecular weight is 441 g/mol. The Balaban J connectivity index is 1.48. The van der Waals surface area contributed by atoms with Gasteiger partial charge in [-0.3, -0.25) is 0 Å². The Bertz CT molecular complexity index is 1140. The summed E-state index contributed by atoms with van der Waals surface area (Å²) in [6, 6.07) is 18.7. The predicted octanol–water partition coefficient (Wildman–Crippen LogP) is 4.19. The molecule has 0 spiro atoms. The molecule has 1 aliphatic rings. The van der Waals surface area contributed by atoms with Gasteiger partial charge in [0.15, 0.2) is 0 Å². The van der Waals surface area contributed by atoms with Gasteiger partial charge < -0.3 is 14.4 Å². The van der Waals surface area contributed by atoms with Crippen molar-refractivity contribution < 1.29 is 17.9 Å². The molecule has 31 heavy (non-hydrogen) atoms. The Hall–Kier alpha value is -2.77. The zero-order chi connectivity index (χ0) is 21.8. The number of nitrogens with zero attached hydrogens (tertiary/aromatic N) is 1. The lowest BCUT2D eigenvalue weighted by molar-refractivity contribution is 0.344. The minimum absolute atomic E-state index is 0.0928. The number of hydrogen-bond donors (Lipinski definition) is 1. The van der Waals surface area contributed by atoms with Gasteiger partial charge in [0, 0.05) is 35.6 Å². The van der Waals surface area contributed by atoms with Crippen molar-refractivity contribution in [2.24, 2.45) is 0 Å². The molecule has 6 nitrogen and oxygen atoms in total. The number of nitrogens with one attached hydrogen (secondary N) is 1.